The lowest BCUT2D eigenvalue weighted by Crippen LogP contribution is -2.52. The molecular weight excluding hydrogens is 342 g/mol. The smallest absolute Gasteiger partial charge is 0.251 e. The zero-order valence-corrected chi connectivity index (χ0v) is 16.3. The van der Waals surface area contributed by atoms with Crippen LogP contribution in [0.2, 0.25) is 0 Å². The van der Waals surface area contributed by atoms with Crippen molar-refractivity contribution in [3.63, 3.8) is 0 Å². The molecule has 1 amide bonds. The molecule has 4 rings (SSSR count). The van der Waals surface area contributed by atoms with Crippen LogP contribution < -0.4 is 4.74 Å². The number of carbonyl (C=O) groups is 1. The predicted octanol–water partition coefficient (Wildman–Crippen LogP) is 3.03. The Balaban J connectivity index is 1.47. The molecule has 1 aliphatic carbocycles. The summed E-state index contributed by atoms with van der Waals surface area (Å²) in [5.41, 5.74) is 2.09. The van der Waals surface area contributed by atoms with Crippen molar-refractivity contribution in [1.82, 2.24) is 4.90 Å². The van der Waals surface area contributed by atoms with Crippen LogP contribution >= 0.6 is 0 Å². The van der Waals surface area contributed by atoms with E-state index in [0.717, 1.165) is 50.7 Å². The number of carbonyl (C=O) groups excluding carboxylic acids is 1. The summed E-state index contributed by atoms with van der Waals surface area (Å²) in [6.45, 7) is 1.96. The summed E-state index contributed by atoms with van der Waals surface area (Å²) in [6, 6.07) is 6.20. The molecule has 3 aliphatic rings. The normalized spacial score (nSPS) is 23.7. The maximum atomic E-state index is 12.8. The Hall–Kier alpha value is -1.59. The largest absolute Gasteiger partial charge is 0.496 e. The van der Waals surface area contributed by atoms with Crippen LogP contribution in [0.1, 0.15) is 56.1 Å². The molecule has 2 aliphatic heterocycles. The third-order valence-electron chi connectivity index (χ3n) is 6.77. The Kier molecular flexibility index (Phi) is 5.42. The van der Waals surface area contributed by atoms with Gasteiger partial charge in [0.15, 0.2) is 0 Å². The molecule has 5 nitrogen and oxygen atoms in total. The van der Waals surface area contributed by atoms with Crippen molar-refractivity contribution in [2.24, 2.45) is 5.92 Å². The van der Waals surface area contributed by atoms with Crippen molar-refractivity contribution in [2.45, 2.75) is 63.1 Å². The number of likely N-dealkylation sites (tertiary alicyclic amines) is 1. The van der Waals surface area contributed by atoms with Crippen LogP contribution in [0.25, 0.3) is 0 Å². The quantitative estimate of drug-likeness (QED) is 0.885. The van der Waals surface area contributed by atoms with E-state index in [9.17, 15) is 9.90 Å². The first-order valence-corrected chi connectivity index (χ1v) is 10.4. The number of benzene rings is 1. The molecule has 1 aromatic carbocycles. The first-order valence-electron chi connectivity index (χ1n) is 10.4. The maximum absolute atomic E-state index is 12.8. The lowest BCUT2D eigenvalue weighted by atomic mass is 9.78. The van der Waals surface area contributed by atoms with Gasteiger partial charge in [-0.25, -0.2) is 0 Å². The van der Waals surface area contributed by atoms with Crippen molar-refractivity contribution in [1.29, 1.82) is 0 Å². The van der Waals surface area contributed by atoms with E-state index in [1.54, 1.807) is 7.11 Å². The molecule has 2 fully saturated rings. The second kappa shape index (κ2) is 7.80. The molecular formula is C22H31NO4. The molecule has 1 saturated carbocycles. The molecule has 1 N–H and O–H groups in total. The SMILES string of the molecule is COc1cccc2c1C1(CCN(C(=O)[C@H](O)C3CCCCC3)CC1)OCC2. The molecule has 27 heavy (non-hydrogen) atoms. The van der Waals surface area contributed by atoms with E-state index in [-0.39, 0.29) is 17.4 Å². The van der Waals surface area contributed by atoms with Crippen LogP contribution in [-0.4, -0.2) is 48.8 Å². The number of rotatable bonds is 3. The maximum Gasteiger partial charge on any atom is 0.251 e. The molecule has 0 bridgehead atoms. The van der Waals surface area contributed by atoms with Gasteiger partial charge < -0.3 is 19.5 Å². The highest BCUT2D eigenvalue weighted by atomic mass is 16.5. The van der Waals surface area contributed by atoms with Crippen molar-refractivity contribution < 1.29 is 19.4 Å². The van der Waals surface area contributed by atoms with E-state index in [4.69, 9.17) is 9.47 Å². The van der Waals surface area contributed by atoms with Gasteiger partial charge >= 0.3 is 0 Å². The number of hydrogen-bond acceptors (Lipinski definition) is 4. The molecule has 1 aromatic rings. The Morgan fingerprint density at radius 2 is 2.00 bits per heavy atom. The van der Waals surface area contributed by atoms with Gasteiger partial charge in [-0.1, -0.05) is 31.4 Å². The van der Waals surface area contributed by atoms with Gasteiger partial charge in [0.1, 0.15) is 17.5 Å². The van der Waals surface area contributed by atoms with E-state index in [2.05, 4.69) is 6.07 Å². The zero-order chi connectivity index (χ0) is 18.9. The minimum absolute atomic E-state index is 0.0900. The lowest BCUT2D eigenvalue weighted by Gasteiger charge is -2.46. The fourth-order valence-electron chi connectivity index (χ4n) is 5.22. The summed E-state index contributed by atoms with van der Waals surface area (Å²) in [7, 11) is 1.71. The number of ether oxygens (including phenoxy) is 2. The van der Waals surface area contributed by atoms with Crippen molar-refractivity contribution in [2.75, 3.05) is 26.8 Å². The van der Waals surface area contributed by atoms with Crippen molar-refractivity contribution >= 4 is 5.91 Å². The Labute approximate surface area is 161 Å². The van der Waals surface area contributed by atoms with Gasteiger partial charge in [0.2, 0.25) is 0 Å². The average Bonchev–Trinajstić information content (AvgIpc) is 2.73. The van der Waals surface area contributed by atoms with Gasteiger partial charge in [0, 0.05) is 18.7 Å². The fourth-order valence-corrected chi connectivity index (χ4v) is 5.22. The predicted molar refractivity (Wildman–Crippen MR) is 103 cm³/mol. The second-order valence-electron chi connectivity index (χ2n) is 8.26. The number of amides is 1. The van der Waals surface area contributed by atoms with E-state index >= 15 is 0 Å². The van der Waals surface area contributed by atoms with Crippen molar-refractivity contribution in [3.05, 3.63) is 29.3 Å². The van der Waals surface area contributed by atoms with Crippen LogP contribution in [0.3, 0.4) is 0 Å². The van der Waals surface area contributed by atoms with Gasteiger partial charge in [-0.05, 0) is 49.7 Å². The molecule has 0 aromatic heterocycles. The first-order chi connectivity index (χ1) is 13.1. The number of aliphatic hydroxyl groups excluding tert-OH is 1. The van der Waals surface area contributed by atoms with Crippen LogP contribution in [0.4, 0.5) is 0 Å². The standard InChI is InChI=1S/C22H31NO4/c1-26-18-9-5-8-16-10-15-27-22(19(16)18)11-13-23(14-12-22)21(25)20(24)17-6-3-2-4-7-17/h5,8-9,17,20,24H,2-4,6-7,10-15H2,1H3/t20-/m1/s1. The van der Waals surface area contributed by atoms with Gasteiger partial charge in [0.25, 0.3) is 5.91 Å². The minimum Gasteiger partial charge on any atom is -0.496 e. The topological polar surface area (TPSA) is 59.0 Å². The third-order valence-corrected chi connectivity index (χ3v) is 6.77. The molecule has 1 spiro atoms. The number of hydrogen-bond donors (Lipinski definition) is 1. The van der Waals surface area contributed by atoms with Crippen LogP contribution in [0.15, 0.2) is 18.2 Å². The number of methoxy groups -OCH3 is 1. The van der Waals surface area contributed by atoms with Crippen LogP contribution in [0.5, 0.6) is 5.75 Å². The summed E-state index contributed by atoms with van der Waals surface area (Å²) in [4.78, 5) is 14.7. The van der Waals surface area contributed by atoms with Gasteiger partial charge in [-0.2, -0.15) is 0 Å². The zero-order valence-electron chi connectivity index (χ0n) is 16.3. The summed E-state index contributed by atoms with van der Waals surface area (Å²) in [5, 5.41) is 10.6. The number of aliphatic hydroxyl groups is 1. The van der Waals surface area contributed by atoms with Gasteiger partial charge in [-0.3, -0.25) is 4.79 Å². The van der Waals surface area contributed by atoms with Gasteiger partial charge in [0.05, 0.1) is 13.7 Å². The highest BCUT2D eigenvalue weighted by molar-refractivity contribution is 5.81. The minimum atomic E-state index is -0.839. The number of piperidine rings is 1. The first kappa shape index (κ1) is 18.8. The molecule has 148 valence electrons. The highest BCUT2D eigenvalue weighted by Gasteiger charge is 2.44. The van der Waals surface area contributed by atoms with Crippen LogP contribution in [0, 0.1) is 5.92 Å². The summed E-state index contributed by atoms with van der Waals surface area (Å²) >= 11 is 0. The summed E-state index contributed by atoms with van der Waals surface area (Å²) < 4.78 is 11.9. The summed E-state index contributed by atoms with van der Waals surface area (Å²) in [6.07, 6.45) is 6.99. The second-order valence-corrected chi connectivity index (χ2v) is 8.26. The van der Waals surface area contributed by atoms with E-state index in [1.807, 2.05) is 17.0 Å². The van der Waals surface area contributed by atoms with Crippen LogP contribution in [-0.2, 0) is 21.6 Å². The van der Waals surface area contributed by atoms with E-state index in [1.165, 1.54) is 17.5 Å². The molecule has 5 heteroatoms. The monoisotopic (exact) mass is 373 g/mol. The average molecular weight is 373 g/mol. The van der Waals surface area contributed by atoms with E-state index in [0.29, 0.717) is 19.7 Å². The Morgan fingerprint density at radius 3 is 2.70 bits per heavy atom. The number of nitrogens with zero attached hydrogens (tertiary/aromatic N) is 1. The molecule has 0 radical (unpaired) electrons. The molecule has 1 saturated heterocycles. The Morgan fingerprint density at radius 1 is 1.26 bits per heavy atom. The number of fused-ring (bicyclic) bond motifs is 2. The fraction of sp³-hybridized carbons (Fsp3) is 0.682. The lowest BCUT2D eigenvalue weighted by molar-refractivity contribution is -0.152. The van der Waals surface area contributed by atoms with E-state index < -0.39 is 6.10 Å². The van der Waals surface area contributed by atoms with Crippen molar-refractivity contribution in [3.8, 4) is 5.75 Å². The molecule has 2 heterocycles. The Bertz CT molecular complexity index is 661. The summed E-state index contributed by atoms with van der Waals surface area (Å²) in [5.74, 6) is 0.927. The highest BCUT2D eigenvalue weighted by Crippen LogP contribution is 2.46. The van der Waals surface area contributed by atoms with Gasteiger partial charge in [-0.15, -0.1) is 0 Å². The third kappa shape index (κ3) is 3.47. The molecule has 1 atom stereocenters. The molecule has 0 unspecified atom stereocenters.